The van der Waals surface area contributed by atoms with Crippen molar-refractivity contribution in [2.75, 3.05) is 0 Å². The molecule has 2 atom stereocenters. The van der Waals surface area contributed by atoms with Gasteiger partial charge in [-0.15, -0.1) is 12.4 Å². The Hall–Kier alpha value is -1.06. The van der Waals surface area contributed by atoms with Crippen LogP contribution in [-0.4, -0.2) is 16.6 Å². The van der Waals surface area contributed by atoms with Gasteiger partial charge in [0.15, 0.2) is 0 Å². The van der Waals surface area contributed by atoms with Gasteiger partial charge >= 0.3 is 5.97 Å². The van der Waals surface area contributed by atoms with Crippen LogP contribution < -0.4 is 5.73 Å². The summed E-state index contributed by atoms with van der Waals surface area (Å²) in [6.45, 7) is 3.87. The average molecular weight is 256 g/mol. The van der Waals surface area contributed by atoms with E-state index in [-0.39, 0.29) is 18.3 Å². The molecule has 1 aromatic rings. The Morgan fingerprint density at radius 1 is 1.35 bits per heavy atom. The van der Waals surface area contributed by atoms with Crippen molar-refractivity contribution < 1.29 is 9.90 Å². The molecule has 1 aliphatic carbocycles. The van der Waals surface area contributed by atoms with E-state index in [0.29, 0.717) is 6.42 Å². The number of nitrogens with two attached hydrogens (primary N) is 1. The molecule has 4 heteroatoms. The number of carbonyl (C=O) groups is 1. The highest BCUT2D eigenvalue weighted by Gasteiger charge is 2.62. The third-order valence-electron chi connectivity index (χ3n) is 4.13. The van der Waals surface area contributed by atoms with Crippen molar-refractivity contribution in [1.29, 1.82) is 0 Å². The molecule has 2 unspecified atom stereocenters. The number of hydrogen-bond donors (Lipinski definition) is 2. The van der Waals surface area contributed by atoms with Gasteiger partial charge in [0.2, 0.25) is 0 Å². The maximum Gasteiger partial charge on any atom is 0.324 e. The molecule has 0 heterocycles. The molecule has 1 aliphatic rings. The number of aliphatic carboxylic acids is 1. The fraction of sp³-hybridized carbons (Fsp3) is 0.462. The van der Waals surface area contributed by atoms with Crippen LogP contribution >= 0.6 is 12.4 Å². The van der Waals surface area contributed by atoms with Crippen LogP contribution in [0.3, 0.4) is 0 Å². The van der Waals surface area contributed by atoms with Crippen LogP contribution in [0.5, 0.6) is 0 Å². The Morgan fingerprint density at radius 3 is 2.29 bits per heavy atom. The van der Waals surface area contributed by atoms with Crippen LogP contribution in [0.2, 0.25) is 0 Å². The zero-order valence-electron chi connectivity index (χ0n) is 10.0. The molecule has 0 radical (unpaired) electrons. The van der Waals surface area contributed by atoms with Gasteiger partial charge in [0.1, 0.15) is 5.54 Å². The Bertz CT molecular complexity index is 419. The summed E-state index contributed by atoms with van der Waals surface area (Å²) in [4.78, 5) is 11.2. The molecule has 0 bridgehead atoms. The normalized spacial score (nSPS) is 29.9. The monoisotopic (exact) mass is 255 g/mol. The van der Waals surface area contributed by atoms with E-state index in [1.54, 1.807) is 0 Å². The largest absolute Gasteiger partial charge is 0.480 e. The molecule has 1 aromatic carbocycles. The number of carboxylic acid groups (broad SMARTS) is 1. The molecule has 3 N–H and O–H groups in total. The first kappa shape index (κ1) is 14.0. The second kappa shape index (κ2) is 4.31. The van der Waals surface area contributed by atoms with E-state index in [2.05, 4.69) is 0 Å². The Morgan fingerprint density at radius 2 is 1.88 bits per heavy atom. The van der Waals surface area contributed by atoms with E-state index in [1.165, 1.54) is 5.56 Å². The van der Waals surface area contributed by atoms with Gasteiger partial charge in [0, 0.05) is 5.41 Å². The minimum absolute atomic E-state index is 0. The maximum absolute atomic E-state index is 11.2. The summed E-state index contributed by atoms with van der Waals surface area (Å²) >= 11 is 0. The summed E-state index contributed by atoms with van der Waals surface area (Å²) in [6, 6.07) is 9.98. The predicted molar refractivity (Wildman–Crippen MR) is 69.4 cm³/mol. The fourth-order valence-electron chi connectivity index (χ4n) is 2.60. The molecule has 0 amide bonds. The molecule has 1 saturated carbocycles. The van der Waals surface area contributed by atoms with Crippen molar-refractivity contribution in [3.05, 3.63) is 35.9 Å². The molecular weight excluding hydrogens is 238 g/mol. The van der Waals surface area contributed by atoms with Crippen LogP contribution in [-0.2, 0) is 4.79 Å². The van der Waals surface area contributed by atoms with Crippen molar-refractivity contribution in [1.82, 2.24) is 0 Å². The number of halogens is 1. The van der Waals surface area contributed by atoms with E-state index < -0.39 is 16.9 Å². The van der Waals surface area contributed by atoms with Gasteiger partial charge in [-0.1, -0.05) is 44.2 Å². The molecule has 0 spiro atoms. The third kappa shape index (κ3) is 1.83. The summed E-state index contributed by atoms with van der Waals surface area (Å²) in [6.07, 6.45) is 0.513. The van der Waals surface area contributed by atoms with Crippen LogP contribution in [0.4, 0.5) is 0 Å². The molecule has 2 rings (SSSR count). The van der Waals surface area contributed by atoms with Gasteiger partial charge in [-0.3, -0.25) is 4.79 Å². The summed E-state index contributed by atoms with van der Waals surface area (Å²) in [5.41, 5.74) is 5.63. The topological polar surface area (TPSA) is 63.3 Å². The highest BCUT2D eigenvalue weighted by molar-refractivity contribution is 5.85. The fourth-order valence-corrected chi connectivity index (χ4v) is 2.60. The first-order chi connectivity index (χ1) is 7.39. The van der Waals surface area contributed by atoms with Gasteiger partial charge in [-0.25, -0.2) is 0 Å². The molecule has 0 aromatic heterocycles. The van der Waals surface area contributed by atoms with Crippen LogP contribution in [0, 0.1) is 5.41 Å². The van der Waals surface area contributed by atoms with Crippen molar-refractivity contribution in [3.8, 4) is 0 Å². The number of benzene rings is 1. The Labute approximate surface area is 107 Å². The average Bonchev–Trinajstić information content (AvgIpc) is 2.26. The van der Waals surface area contributed by atoms with Gasteiger partial charge in [-0.2, -0.15) is 0 Å². The zero-order valence-corrected chi connectivity index (χ0v) is 10.8. The number of carboxylic acids is 1. The van der Waals surface area contributed by atoms with Gasteiger partial charge in [0.25, 0.3) is 0 Å². The smallest absolute Gasteiger partial charge is 0.324 e. The lowest BCUT2D eigenvalue weighted by Gasteiger charge is -2.57. The standard InChI is InChI=1S/C13H17NO2.ClH/c1-12(2)10(8-13(12,14)11(15)16)9-6-4-3-5-7-9;/h3-7,10H,8,14H2,1-2H3,(H,15,16);1H. The summed E-state index contributed by atoms with van der Waals surface area (Å²) in [5.74, 6) is -0.667. The molecule has 94 valence electrons. The van der Waals surface area contributed by atoms with Gasteiger partial charge < -0.3 is 10.8 Å². The predicted octanol–water partition coefficient (Wildman–Crippen LogP) is 2.40. The van der Waals surface area contributed by atoms with E-state index in [0.717, 1.165) is 0 Å². The lowest BCUT2D eigenvalue weighted by molar-refractivity contribution is -0.158. The Balaban J connectivity index is 0.00000144. The first-order valence-electron chi connectivity index (χ1n) is 5.47. The van der Waals surface area contributed by atoms with Crippen LogP contribution in [0.1, 0.15) is 31.7 Å². The first-order valence-corrected chi connectivity index (χ1v) is 5.47. The Kier molecular flexibility index (Phi) is 3.55. The third-order valence-corrected chi connectivity index (χ3v) is 4.13. The summed E-state index contributed by atoms with van der Waals surface area (Å²) in [5, 5.41) is 9.17. The second-order valence-corrected chi connectivity index (χ2v) is 5.17. The molecule has 3 nitrogen and oxygen atoms in total. The SMILES string of the molecule is CC1(C)C(c2ccccc2)CC1(N)C(=O)O.Cl. The number of hydrogen-bond acceptors (Lipinski definition) is 2. The number of rotatable bonds is 2. The highest BCUT2D eigenvalue weighted by atomic mass is 35.5. The highest BCUT2D eigenvalue weighted by Crippen LogP contribution is 2.58. The lowest BCUT2D eigenvalue weighted by Crippen LogP contribution is -2.69. The molecule has 0 aliphatic heterocycles. The lowest BCUT2D eigenvalue weighted by atomic mass is 9.48. The van der Waals surface area contributed by atoms with Crippen LogP contribution in [0.25, 0.3) is 0 Å². The van der Waals surface area contributed by atoms with Crippen molar-refractivity contribution in [2.24, 2.45) is 11.1 Å². The van der Waals surface area contributed by atoms with Crippen molar-refractivity contribution >= 4 is 18.4 Å². The van der Waals surface area contributed by atoms with Gasteiger partial charge in [-0.05, 0) is 17.9 Å². The van der Waals surface area contributed by atoms with Gasteiger partial charge in [0.05, 0.1) is 0 Å². The van der Waals surface area contributed by atoms with E-state index in [4.69, 9.17) is 10.8 Å². The molecule has 0 saturated heterocycles. The quantitative estimate of drug-likeness (QED) is 0.853. The second-order valence-electron chi connectivity index (χ2n) is 5.17. The van der Waals surface area contributed by atoms with Crippen molar-refractivity contribution in [2.45, 2.75) is 31.7 Å². The maximum atomic E-state index is 11.2. The molecule has 1 fully saturated rings. The molecular formula is C13H18ClNO2. The summed E-state index contributed by atoms with van der Waals surface area (Å²) in [7, 11) is 0. The van der Waals surface area contributed by atoms with Crippen LogP contribution in [0.15, 0.2) is 30.3 Å². The van der Waals surface area contributed by atoms with E-state index in [1.807, 2.05) is 44.2 Å². The summed E-state index contributed by atoms with van der Waals surface area (Å²) < 4.78 is 0. The minimum Gasteiger partial charge on any atom is -0.480 e. The minimum atomic E-state index is -1.09. The van der Waals surface area contributed by atoms with Crippen molar-refractivity contribution in [3.63, 3.8) is 0 Å². The van der Waals surface area contributed by atoms with E-state index >= 15 is 0 Å². The van der Waals surface area contributed by atoms with E-state index in [9.17, 15) is 4.79 Å². The zero-order chi connectivity index (χ0) is 12.0. The molecule has 17 heavy (non-hydrogen) atoms.